The van der Waals surface area contributed by atoms with Crippen LogP contribution in [0.3, 0.4) is 0 Å². The molecule has 27 heavy (non-hydrogen) atoms. The van der Waals surface area contributed by atoms with Gasteiger partial charge in [-0.3, -0.25) is 14.5 Å². The zero-order valence-electron chi connectivity index (χ0n) is 14.5. The molecule has 0 radical (unpaired) electrons. The van der Waals surface area contributed by atoms with Gasteiger partial charge in [-0.1, -0.05) is 0 Å². The number of pyridine rings is 1. The molecule has 0 atom stereocenters. The first-order valence-electron chi connectivity index (χ1n) is 8.43. The number of rotatable bonds is 3. The van der Waals surface area contributed by atoms with Gasteiger partial charge >= 0.3 is 0 Å². The normalized spacial score (nSPS) is 15.3. The lowest BCUT2D eigenvalue weighted by molar-refractivity contribution is 0.0690. The Hall–Kier alpha value is -2.81. The molecule has 4 rings (SSSR count). The SMILES string of the molecule is COc1nc(Cl)nc2c(F)nn(C3CCN(C(=O)c4ccncc4)CC3)c12. The van der Waals surface area contributed by atoms with Gasteiger partial charge in [0.25, 0.3) is 11.9 Å². The maximum absolute atomic E-state index is 14.3. The number of piperidine rings is 1. The lowest BCUT2D eigenvalue weighted by Crippen LogP contribution is -2.39. The summed E-state index contributed by atoms with van der Waals surface area (Å²) in [6, 6.07) is 3.28. The van der Waals surface area contributed by atoms with Gasteiger partial charge in [-0.15, -0.1) is 5.10 Å². The summed E-state index contributed by atoms with van der Waals surface area (Å²) in [5.74, 6) is -0.584. The lowest BCUT2D eigenvalue weighted by atomic mass is 10.0. The zero-order chi connectivity index (χ0) is 19.0. The molecule has 3 aromatic heterocycles. The zero-order valence-corrected chi connectivity index (χ0v) is 15.2. The van der Waals surface area contributed by atoms with Crippen LogP contribution in [0.4, 0.5) is 4.39 Å². The molecule has 0 spiro atoms. The van der Waals surface area contributed by atoms with E-state index < -0.39 is 5.95 Å². The topological polar surface area (TPSA) is 86.0 Å². The van der Waals surface area contributed by atoms with Crippen LogP contribution in [0.1, 0.15) is 29.2 Å². The smallest absolute Gasteiger partial charge is 0.259 e. The van der Waals surface area contributed by atoms with Crippen LogP contribution in [0.25, 0.3) is 11.0 Å². The highest BCUT2D eigenvalue weighted by Gasteiger charge is 2.29. The second-order valence-corrected chi connectivity index (χ2v) is 6.53. The molecule has 0 saturated carbocycles. The summed E-state index contributed by atoms with van der Waals surface area (Å²) in [6.07, 6.45) is 4.43. The first-order valence-corrected chi connectivity index (χ1v) is 8.81. The molecule has 1 fully saturated rings. The van der Waals surface area contributed by atoms with E-state index in [1.165, 1.54) is 7.11 Å². The Labute approximate surface area is 158 Å². The average molecular weight is 391 g/mol. The van der Waals surface area contributed by atoms with E-state index in [1.54, 1.807) is 34.1 Å². The van der Waals surface area contributed by atoms with Crippen LogP contribution < -0.4 is 4.74 Å². The molecule has 0 unspecified atom stereocenters. The largest absolute Gasteiger partial charge is 0.479 e. The number of hydrogen-bond donors (Lipinski definition) is 0. The predicted molar refractivity (Wildman–Crippen MR) is 95.3 cm³/mol. The molecule has 1 aliphatic rings. The Bertz CT molecular complexity index is 988. The summed E-state index contributed by atoms with van der Waals surface area (Å²) < 4.78 is 21.1. The molecule has 1 saturated heterocycles. The maximum Gasteiger partial charge on any atom is 0.259 e. The van der Waals surface area contributed by atoms with Crippen molar-refractivity contribution in [2.24, 2.45) is 0 Å². The first-order chi connectivity index (χ1) is 13.1. The van der Waals surface area contributed by atoms with Crippen LogP contribution in [0, 0.1) is 5.95 Å². The Morgan fingerprint density at radius 3 is 2.63 bits per heavy atom. The fourth-order valence-corrected chi connectivity index (χ4v) is 3.51. The number of carbonyl (C=O) groups is 1. The van der Waals surface area contributed by atoms with Crippen LogP contribution in [-0.4, -0.2) is 55.7 Å². The quantitative estimate of drug-likeness (QED) is 0.639. The number of nitrogens with zero attached hydrogens (tertiary/aromatic N) is 6. The minimum absolute atomic E-state index is 0.0298. The van der Waals surface area contributed by atoms with Gasteiger partial charge in [-0.2, -0.15) is 9.37 Å². The number of aromatic nitrogens is 5. The summed E-state index contributed by atoms with van der Waals surface area (Å²) in [6.45, 7) is 1.07. The van der Waals surface area contributed by atoms with Crippen LogP contribution in [-0.2, 0) is 0 Å². The molecule has 8 nitrogen and oxygen atoms in total. The molecular weight excluding hydrogens is 375 g/mol. The summed E-state index contributed by atoms with van der Waals surface area (Å²) in [5, 5.41) is 3.89. The first kappa shape index (κ1) is 17.6. The van der Waals surface area contributed by atoms with Gasteiger partial charge < -0.3 is 9.64 Å². The van der Waals surface area contributed by atoms with E-state index in [9.17, 15) is 9.18 Å². The van der Waals surface area contributed by atoms with E-state index in [0.717, 1.165) is 0 Å². The number of carbonyl (C=O) groups excluding carboxylic acids is 1. The summed E-state index contributed by atoms with van der Waals surface area (Å²) in [5.41, 5.74) is 1.00. The van der Waals surface area contributed by atoms with E-state index in [4.69, 9.17) is 16.3 Å². The number of amides is 1. The number of methoxy groups -OCH3 is 1. The van der Waals surface area contributed by atoms with E-state index in [1.807, 2.05) is 0 Å². The second-order valence-electron chi connectivity index (χ2n) is 6.19. The molecule has 0 bridgehead atoms. The summed E-state index contributed by atoms with van der Waals surface area (Å²) >= 11 is 5.83. The van der Waals surface area contributed by atoms with Crippen molar-refractivity contribution in [1.29, 1.82) is 0 Å². The van der Waals surface area contributed by atoms with E-state index in [0.29, 0.717) is 37.0 Å². The number of fused-ring (bicyclic) bond motifs is 1. The van der Waals surface area contributed by atoms with E-state index >= 15 is 0 Å². The highest BCUT2D eigenvalue weighted by molar-refractivity contribution is 6.28. The molecule has 0 aliphatic carbocycles. The Kier molecular flexibility index (Phi) is 4.61. The molecule has 140 valence electrons. The fraction of sp³-hybridized carbons (Fsp3) is 0.353. The molecule has 4 heterocycles. The lowest BCUT2D eigenvalue weighted by Gasteiger charge is -2.32. The molecular formula is C17H16ClFN6O2. The van der Waals surface area contributed by atoms with Gasteiger partial charge in [0, 0.05) is 31.0 Å². The summed E-state index contributed by atoms with van der Waals surface area (Å²) in [7, 11) is 1.43. The van der Waals surface area contributed by atoms with Crippen LogP contribution in [0.15, 0.2) is 24.5 Å². The maximum atomic E-state index is 14.3. The van der Waals surface area contributed by atoms with Crippen LogP contribution >= 0.6 is 11.6 Å². The van der Waals surface area contributed by atoms with Gasteiger partial charge in [0.05, 0.1) is 13.2 Å². The minimum atomic E-state index is -0.720. The van der Waals surface area contributed by atoms with Crippen molar-refractivity contribution in [2.75, 3.05) is 20.2 Å². The van der Waals surface area contributed by atoms with Crippen molar-refractivity contribution < 1.29 is 13.9 Å². The van der Waals surface area contributed by atoms with Crippen molar-refractivity contribution in [3.05, 3.63) is 41.3 Å². The van der Waals surface area contributed by atoms with Gasteiger partial charge in [-0.05, 0) is 36.6 Å². The molecule has 1 amide bonds. The standard InChI is InChI=1S/C17H16ClFN6O2/c1-27-15-13-12(21-17(18)22-15)14(19)23-25(13)11-4-8-24(9-5-11)16(26)10-2-6-20-7-3-10/h2-3,6-7,11H,4-5,8-9H2,1H3. The third kappa shape index (κ3) is 3.18. The highest BCUT2D eigenvalue weighted by Crippen LogP contribution is 2.32. The predicted octanol–water partition coefficient (Wildman–Crippen LogP) is 2.50. The van der Waals surface area contributed by atoms with E-state index in [-0.39, 0.29) is 28.6 Å². The molecule has 0 aromatic carbocycles. The highest BCUT2D eigenvalue weighted by atomic mass is 35.5. The monoisotopic (exact) mass is 390 g/mol. The molecule has 1 aliphatic heterocycles. The number of hydrogen-bond acceptors (Lipinski definition) is 6. The van der Waals surface area contributed by atoms with E-state index in [2.05, 4.69) is 20.1 Å². The van der Waals surface area contributed by atoms with Crippen molar-refractivity contribution >= 4 is 28.5 Å². The Morgan fingerprint density at radius 2 is 1.96 bits per heavy atom. The van der Waals surface area contributed by atoms with Crippen molar-refractivity contribution in [2.45, 2.75) is 18.9 Å². The summed E-state index contributed by atoms with van der Waals surface area (Å²) in [4.78, 5) is 26.2. The third-order valence-electron chi connectivity index (χ3n) is 4.66. The van der Waals surface area contributed by atoms with Gasteiger partial charge in [0.2, 0.25) is 11.2 Å². The molecule has 10 heteroatoms. The molecule has 0 N–H and O–H groups in total. The van der Waals surface area contributed by atoms with Gasteiger partial charge in [0.1, 0.15) is 0 Å². The molecule has 3 aromatic rings. The van der Waals surface area contributed by atoms with Crippen molar-refractivity contribution in [3.63, 3.8) is 0 Å². The number of ether oxygens (including phenoxy) is 1. The van der Waals surface area contributed by atoms with Crippen LogP contribution in [0.2, 0.25) is 5.28 Å². The average Bonchev–Trinajstić information content (AvgIpc) is 3.04. The fourth-order valence-electron chi connectivity index (χ4n) is 3.35. The van der Waals surface area contributed by atoms with Gasteiger partial charge in [0.15, 0.2) is 11.0 Å². The van der Waals surface area contributed by atoms with Crippen molar-refractivity contribution in [1.82, 2.24) is 29.6 Å². The van der Waals surface area contributed by atoms with Gasteiger partial charge in [-0.25, -0.2) is 4.98 Å². The third-order valence-corrected chi connectivity index (χ3v) is 4.83. The Morgan fingerprint density at radius 1 is 1.26 bits per heavy atom. The van der Waals surface area contributed by atoms with Crippen LogP contribution in [0.5, 0.6) is 5.88 Å². The number of halogens is 2. The number of likely N-dealkylation sites (tertiary alicyclic amines) is 1. The minimum Gasteiger partial charge on any atom is -0.479 e. The Balaban J connectivity index is 1.58. The van der Waals surface area contributed by atoms with Crippen molar-refractivity contribution in [3.8, 4) is 5.88 Å². The second kappa shape index (κ2) is 7.07.